The summed E-state index contributed by atoms with van der Waals surface area (Å²) < 4.78 is 63.8. The Morgan fingerprint density at radius 2 is 1.27 bits per heavy atom. The summed E-state index contributed by atoms with van der Waals surface area (Å²) in [5.41, 5.74) is 0. The topological polar surface area (TPSA) is 144 Å². The number of hydrogen-bond donors (Lipinski definition) is 2. The fraction of sp³-hybridized carbons (Fsp3) is 0.762. The molecule has 0 radical (unpaired) electrons. The third kappa shape index (κ3) is 39.3. The molecule has 0 unspecified atom stereocenters. The standard InChI is InChI=1S/C18H34O5S.C3H6O4S.Na.H/c1-2-3-4-5-6-7-8-9-10-11-12-13-14-15-16-17-18(19)23-24(20,21)22;1-2-3-7-8(4,5)6;;/h9-10H,2-8,11-17H2,1H3,(H,20,21,22);2H,1,3H2,(H,4,5,6);;/q;;+1;-1/b10-9-;;;. The van der Waals surface area contributed by atoms with E-state index >= 15 is 0 Å². The van der Waals surface area contributed by atoms with E-state index in [1.807, 2.05) is 0 Å². The summed E-state index contributed by atoms with van der Waals surface area (Å²) in [6.07, 6.45) is 20.8. The van der Waals surface area contributed by atoms with Crippen molar-refractivity contribution in [3.05, 3.63) is 24.8 Å². The fourth-order valence-electron chi connectivity index (χ4n) is 2.63. The van der Waals surface area contributed by atoms with Crippen LogP contribution in [0.1, 0.15) is 98.2 Å². The second-order valence-electron chi connectivity index (χ2n) is 7.22. The minimum absolute atomic E-state index is 0. The Labute approximate surface area is 224 Å². The maximum absolute atomic E-state index is 11.0. The normalized spacial score (nSPS) is 11.4. The molecular formula is C21H41NaO9S2. The zero-order chi connectivity index (χ0) is 24.7. The van der Waals surface area contributed by atoms with E-state index in [1.165, 1.54) is 51.0 Å². The van der Waals surface area contributed by atoms with Crippen molar-refractivity contribution in [3.63, 3.8) is 0 Å². The summed E-state index contributed by atoms with van der Waals surface area (Å²) >= 11 is 0. The minimum atomic E-state index is -4.65. The van der Waals surface area contributed by atoms with Gasteiger partial charge in [-0.15, -0.1) is 6.58 Å². The monoisotopic (exact) mass is 524 g/mol. The smallest absolute Gasteiger partial charge is 1.00 e. The predicted molar refractivity (Wildman–Crippen MR) is 126 cm³/mol. The zero-order valence-electron chi connectivity index (χ0n) is 21.1. The molecule has 0 rings (SSSR count). The van der Waals surface area contributed by atoms with Gasteiger partial charge in [0.1, 0.15) is 0 Å². The van der Waals surface area contributed by atoms with Gasteiger partial charge in [0, 0.05) is 6.42 Å². The van der Waals surface area contributed by atoms with Crippen LogP contribution in [0.5, 0.6) is 0 Å². The van der Waals surface area contributed by atoms with E-state index in [4.69, 9.17) is 9.11 Å². The molecule has 0 bridgehead atoms. The first-order valence-electron chi connectivity index (χ1n) is 11.1. The third-order valence-corrected chi connectivity index (χ3v) is 5.01. The van der Waals surface area contributed by atoms with Crippen LogP contribution in [0.2, 0.25) is 0 Å². The number of unbranched alkanes of at least 4 members (excludes halogenated alkanes) is 11. The molecule has 12 heteroatoms. The number of carbonyl (C=O) groups excluding carboxylic acids is 1. The maximum atomic E-state index is 11.0. The van der Waals surface area contributed by atoms with Gasteiger partial charge in [-0.1, -0.05) is 76.5 Å². The molecule has 0 spiro atoms. The second-order valence-corrected chi connectivity index (χ2v) is 9.33. The SMILES string of the molecule is C=CCOS(=O)(=O)O.CCCCCCCC/C=C\CCCCCCCC(=O)OS(=O)(=O)O.[H-].[Na+]. The number of allylic oxidation sites excluding steroid dienone is 2. The van der Waals surface area contributed by atoms with Gasteiger partial charge < -0.3 is 5.61 Å². The predicted octanol–water partition coefficient (Wildman–Crippen LogP) is 2.48. The van der Waals surface area contributed by atoms with Crippen LogP contribution in [-0.4, -0.2) is 38.5 Å². The quantitative estimate of drug-likeness (QED) is 0.113. The van der Waals surface area contributed by atoms with Crippen LogP contribution in [0, 0.1) is 0 Å². The van der Waals surface area contributed by atoms with E-state index in [1.54, 1.807) is 0 Å². The number of carbonyl (C=O) groups is 1. The Bertz CT molecular complexity index is 712. The van der Waals surface area contributed by atoms with Crippen LogP contribution in [0.15, 0.2) is 24.8 Å². The van der Waals surface area contributed by atoms with Crippen LogP contribution < -0.4 is 29.6 Å². The molecule has 0 aliphatic carbocycles. The molecule has 33 heavy (non-hydrogen) atoms. The molecule has 0 saturated carbocycles. The van der Waals surface area contributed by atoms with E-state index in [0.717, 1.165) is 32.1 Å². The van der Waals surface area contributed by atoms with Crippen molar-refractivity contribution in [3.8, 4) is 0 Å². The van der Waals surface area contributed by atoms with Crippen LogP contribution in [0.4, 0.5) is 0 Å². The molecule has 2 N–H and O–H groups in total. The van der Waals surface area contributed by atoms with Crippen molar-refractivity contribution >= 4 is 26.8 Å². The van der Waals surface area contributed by atoms with E-state index in [0.29, 0.717) is 6.42 Å². The maximum Gasteiger partial charge on any atom is 1.00 e. The second kappa shape index (κ2) is 24.8. The van der Waals surface area contributed by atoms with Gasteiger partial charge in [-0.3, -0.25) is 13.9 Å². The Hall–Kier alpha value is -0.270. The van der Waals surface area contributed by atoms with Crippen LogP contribution in [0.25, 0.3) is 0 Å². The molecule has 9 nitrogen and oxygen atoms in total. The van der Waals surface area contributed by atoms with Gasteiger partial charge >= 0.3 is 56.3 Å². The van der Waals surface area contributed by atoms with Crippen molar-refractivity contribution in [2.45, 2.75) is 96.8 Å². The first kappa shape index (κ1) is 37.3. The fourth-order valence-corrected chi connectivity index (χ4v) is 3.22. The summed E-state index contributed by atoms with van der Waals surface area (Å²) in [7, 11) is -8.91. The first-order valence-corrected chi connectivity index (χ1v) is 13.8. The van der Waals surface area contributed by atoms with Crippen LogP contribution >= 0.6 is 0 Å². The average molecular weight is 525 g/mol. The van der Waals surface area contributed by atoms with Gasteiger partial charge in [-0.05, 0) is 32.1 Å². The van der Waals surface area contributed by atoms with Crippen LogP contribution in [-0.2, 0) is 34.0 Å². The van der Waals surface area contributed by atoms with E-state index in [-0.39, 0.29) is 44.0 Å². The molecular weight excluding hydrogens is 483 g/mol. The van der Waals surface area contributed by atoms with Gasteiger partial charge in [-0.25, -0.2) is 4.18 Å². The molecule has 0 saturated heterocycles. The minimum Gasteiger partial charge on any atom is -1.00 e. The summed E-state index contributed by atoms with van der Waals surface area (Å²) in [5, 5.41) is 0. The van der Waals surface area contributed by atoms with E-state index in [9.17, 15) is 21.6 Å². The Morgan fingerprint density at radius 3 is 1.67 bits per heavy atom. The number of rotatable bonds is 19. The summed E-state index contributed by atoms with van der Waals surface area (Å²) in [6, 6.07) is 0. The molecule has 0 aliphatic rings. The Morgan fingerprint density at radius 1 is 0.818 bits per heavy atom. The molecule has 0 heterocycles. The van der Waals surface area contributed by atoms with Crippen LogP contribution in [0.3, 0.4) is 0 Å². The molecule has 192 valence electrons. The van der Waals surface area contributed by atoms with Gasteiger partial charge in [0.05, 0.1) is 6.61 Å². The average Bonchev–Trinajstić information content (AvgIpc) is 2.68. The largest absolute Gasteiger partial charge is 1.00 e. The first-order chi connectivity index (χ1) is 15.0. The molecule has 0 aromatic rings. The molecule has 0 amide bonds. The van der Waals surface area contributed by atoms with E-state index in [2.05, 4.69) is 34.0 Å². The zero-order valence-corrected chi connectivity index (χ0v) is 23.7. The van der Waals surface area contributed by atoms with Crippen molar-refractivity contribution in [1.29, 1.82) is 0 Å². The molecule has 0 fully saturated rings. The number of hydrogen-bond acceptors (Lipinski definition) is 7. The molecule has 0 aliphatic heterocycles. The molecule has 0 aromatic carbocycles. The molecule has 0 atom stereocenters. The van der Waals surface area contributed by atoms with Crippen molar-refractivity contribution in [2.75, 3.05) is 6.61 Å². The van der Waals surface area contributed by atoms with Crippen molar-refractivity contribution in [1.82, 2.24) is 0 Å². The van der Waals surface area contributed by atoms with Crippen molar-refractivity contribution in [2.24, 2.45) is 0 Å². The Kier molecular flexibility index (Phi) is 28.1. The van der Waals surface area contributed by atoms with E-state index < -0.39 is 26.8 Å². The third-order valence-electron chi connectivity index (χ3n) is 4.18. The summed E-state index contributed by atoms with van der Waals surface area (Å²) in [6.45, 7) is 5.20. The summed E-state index contributed by atoms with van der Waals surface area (Å²) in [5.74, 6) is -0.893. The molecule has 0 aromatic heterocycles. The van der Waals surface area contributed by atoms with Gasteiger partial charge in [0.15, 0.2) is 0 Å². The van der Waals surface area contributed by atoms with Gasteiger partial charge in [0.25, 0.3) is 0 Å². The van der Waals surface area contributed by atoms with Gasteiger partial charge in [0.2, 0.25) is 0 Å². The van der Waals surface area contributed by atoms with Gasteiger partial charge in [-0.2, -0.15) is 16.8 Å². The summed E-state index contributed by atoms with van der Waals surface area (Å²) in [4.78, 5) is 11.0. The Balaban J connectivity index is -0.000000385. The van der Waals surface area contributed by atoms with Crippen molar-refractivity contribution < 1.29 is 70.1 Å².